The fraction of sp³-hybridized carbons (Fsp3) is 0.385. The van der Waals surface area contributed by atoms with Crippen molar-refractivity contribution in [3.63, 3.8) is 0 Å². The maximum atomic E-state index is 5.84. The van der Waals surface area contributed by atoms with Crippen LogP contribution in [0.2, 0.25) is 5.28 Å². The molecule has 5 nitrogen and oxygen atoms in total. The molecular weight excluding hydrogens is 262 g/mol. The van der Waals surface area contributed by atoms with Crippen molar-refractivity contribution in [3.05, 3.63) is 35.1 Å². The van der Waals surface area contributed by atoms with Crippen molar-refractivity contribution in [2.45, 2.75) is 26.2 Å². The lowest BCUT2D eigenvalue weighted by Crippen LogP contribution is -2.26. The van der Waals surface area contributed by atoms with E-state index in [0.29, 0.717) is 5.95 Å². The number of hydrogen-bond donors (Lipinski definition) is 0. The third-order valence-corrected chi connectivity index (χ3v) is 3.45. The lowest BCUT2D eigenvalue weighted by molar-refractivity contribution is 0.550. The number of fused-ring (bicyclic) bond motifs is 1. The van der Waals surface area contributed by atoms with Crippen LogP contribution in [0.25, 0.3) is 0 Å². The van der Waals surface area contributed by atoms with Crippen molar-refractivity contribution < 1.29 is 0 Å². The fourth-order valence-corrected chi connectivity index (χ4v) is 2.52. The van der Waals surface area contributed by atoms with Crippen LogP contribution in [0.4, 0.5) is 11.6 Å². The Kier molecular flexibility index (Phi) is 2.67. The first kappa shape index (κ1) is 12.3. The summed E-state index contributed by atoms with van der Waals surface area (Å²) in [4.78, 5) is 18.9. The van der Waals surface area contributed by atoms with Gasteiger partial charge in [0.25, 0.3) is 0 Å². The predicted octanol–water partition coefficient (Wildman–Crippen LogP) is 2.66. The number of pyridine rings is 1. The van der Waals surface area contributed by atoms with E-state index in [9.17, 15) is 0 Å². The quantitative estimate of drug-likeness (QED) is 0.801. The van der Waals surface area contributed by atoms with E-state index >= 15 is 0 Å². The molecule has 0 saturated carbocycles. The van der Waals surface area contributed by atoms with Crippen molar-refractivity contribution in [1.82, 2.24) is 19.9 Å². The maximum absolute atomic E-state index is 5.84. The minimum absolute atomic E-state index is 0.0412. The van der Waals surface area contributed by atoms with E-state index in [1.165, 1.54) is 6.33 Å². The van der Waals surface area contributed by atoms with E-state index in [4.69, 9.17) is 11.6 Å². The standard InChI is InChI=1S/C13H14ClN5/c1-8-4-5-9-10(17-8)13(2,3)6-19(9)12-16-7-15-11(14)18-12/h4-5,7H,6H2,1-3H3. The largest absolute Gasteiger partial charge is 0.308 e. The summed E-state index contributed by atoms with van der Waals surface area (Å²) in [6.07, 6.45) is 1.43. The summed E-state index contributed by atoms with van der Waals surface area (Å²) in [6.45, 7) is 7.11. The highest BCUT2D eigenvalue weighted by Crippen LogP contribution is 2.41. The molecule has 3 rings (SSSR count). The van der Waals surface area contributed by atoms with Crippen molar-refractivity contribution in [1.29, 1.82) is 0 Å². The molecule has 2 aromatic heterocycles. The molecule has 6 heteroatoms. The van der Waals surface area contributed by atoms with Gasteiger partial charge >= 0.3 is 0 Å². The van der Waals surface area contributed by atoms with Crippen LogP contribution in [0.15, 0.2) is 18.5 Å². The molecule has 0 bridgehead atoms. The minimum atomic E-state index is -0.0412. The van der Waals surface area contributed by atoms with Gasteiger partial charge in [-0.15, -0.1) is 0 Å². The van der Waals surface area contributed by atoms with Gasteiger partial charge in [0.05, 0.1) is 11.4 Å². The van der Waals surface area contributed by atoms with Crippen LogP contribution in [0.1, 0.15) is 25.2 Å². The second-order valence-corrected chi connectivity index (χ2v) is 5.68. The van der Waals surface area contributed by atoms with Crippen molar-refractivity contribution in [2.75, 3.05) is 11.4 Å². The van der Waals surface area contributed by atoms with Crippen LogP contribution in [0, 0.1) is 6.92 Å². The third kappa shape index (κ3) is 2.04. The third-order valence-electron chi connectivity index (χ3n) is 3.27. The maximum Gasteiger partial charge on any atom is 0.234 e. The van der Waals surface area contributed by atoms with Gasteiger partial charge in [0, 0.05) is 17.7 Å². The van der Waals surface area contributed by atoms with E-state index in [-0.39, 0.29) is 10.7 Å². The zero-order valence-corrected chi connectivity index (χ0v) is 11.8. The summed E-state index contributed by atoms with van der Waals surface area (Å²) >= 11 is 5.84. The van der Waals surface area contributed by atoms with Crippen molar-refractivity contribution in [3.8, 4) is 0 Å². The Morgan fingerprint density at radius 1 is 1.21 bits per heavy atom. The molecule has 0 fully saturated rings. The van der Waals surface area contributed by atoms with Gasteiger partial charge < -0.3 is 4.90 Å². The molecule has 0 aromatic carbocycles. The molecular formula is C13H14ClN5. The number of aromatic nitrogens is 4. The van der Waals surface area contributed by atoms with Gasteiger partial charge in [0.1, 0.15) is 6.33 Å². The van der Waals surface area contributed by atoms with Crippen molar-refractivity contribution >= 4 is 23.2 Å². The highest BCUT2D eigenvalue weighted by molar-refractivity contribution is 6.28. The number of rotatable bonds is 1. The monoisotopic (exact) mass is 275 g/mol. The molecule has 0 spiro atoms. The van der Waals surface area contributed by atoms with Gasteiger partial charge in [-0.05, 0) is 30.7 Å². The first-order valence-electron chi connectivity index (χ1n) is 6.07. The summed E-state index contributed by atoms with van der Waals surface area (Å²) in [7, 11) is 0. The normalized spacial score (nSPS) is 16.5. The molecule has 0 N–H and O–H groups in total. The summed E-state index contributed by atoms with van der Waals surface area (Å²) in [5, 5.41) is 0.205. The number of halogens is 1. The molecule has 1 aliphatic heterocycles. The minimum Gasteiger partial charge on any atom is -0.308 e. The Hall–Kier alpha value is -1.75. The average molecular weight is 276 g/mol. The first-order valence-corrected chi connectivity index (χ1v) is 6.45. The predicted molar refractivity (Wildman–Crippen MR) is 73.8 cm³/mol. The molecule has 19 heavy (non-hydrogen) atoms. The van der Waals surface area contributed by atoms with Gasteiger partial charge in [-0.3, -0.25) is 4.98 Å². The van der Waals surface area contributed by atoms with E-state index in [1.807, 2.05) is 17.9 Å². The van der Waals surface area contributed by atoms with Crippen LogP contribution in [0.5, 0.6) is 0 Å². The summed E-state index contributed by atoms with van der Waals surface area (Å²) in [6, 6.07) is 4.06. The van der Waals surface area contributed by atoms with E-state index in [0.717, 1.165) is 23.6 Å². The van der Waals surface area contributed by atoms with Crippen molar-refractivity contribution in [2.24, 2.45) is 0 Å². The van der Waals surface area contributed by atoms with Crippen LogP contribution in [0.3, 0.4) is 0 Å². The number of anilines is 2. The molecule has 0 radical (unpaired) electrons. The van der Waals surface area contributed by atoms with Gasteiger partial charge in [0.2, 0.25) is 11.2 Å². The summed E-state index contributed by atoms with van der Waals surface area (Å²) in [5.74, 6) is 0.567. The average Bonchev–Trinajstić information content (AvgIpc) is 2.61. The fourth-order valence-electron chi connectivity index (χ4n) is 2.40. The molecule has 0 atom stereocenters. The van der Waals surface area contributed by atoms with Crippen LogP contribution in [-0.4, -0.2) is 26.5 Å². The van der Waals surface area contributed by atoms with Crippen LogP contribution < -0.4 is 4.90 Å². The number of nitrogens with zero attached hydrogens (tertiary/aromatic N) is 5. The number of aryl methyl sites for hydroxylation is 1. The zero-order chi connectivity index (χ0) is 13.6. The topological polar surface area (TPSA) is 54.8 Å². The smallest absolute Gasteiger partial charge is 0.234 e. The molecule has 0 aliphatic carbocycles. The molecule has 1 aliphatic rings. The number of hydrogen-bond acceptors (Lipinski definition) is 5. The summed E-state index contributed by atoms with van der Waals surface area (Å²) < 4.78 is 0. The Morgan fingerprint density at radius 2 is 2.00 bits per heavy atom. The highest BCUT2D eigenvalue weighted by Gasteiger charge is 2.38. The molecule has 0 saturated heterocycles. The van der Waals surface area contributed by atoms with Gasteiger partial charge in [-0.2, -0.15) is 4.98 Å². The van der Waals surface area contributed by atoms with E-state index < -0.39 is 0 Å². The second kappa shape index (κ2) is 4.13. The molecule has 3 heterocycles. The Morgan fingerprint density at radius 3 is 2.74 bits per heavy atom. The van der Waals surface area contributed by atoms with Crippen LogP contribution in [-0.2, 0) is 5.41 Å². The van der Waals surface area contributed by atoms with Gasteiger partial charge in [-0.25, -0.2) is 9.97 Å². The van der Waals surface area contributed by atoms with Gasteiger partial charge in [-0.1, -0.05) is 13.8 Å². The van der Waals surface area contributed by atoms with E-state index in [2.05, 4.69) is 39.8 Å². The molecule has 0 amide bonds. The zero-order valence-electron chi connectivity index (χ0n) is 11.1. The lowest BCUT2D eigenvalue weighted by Gasteiger charge is -2.19. The SMILES string of the molecule is Cc1ccc2c(n1)C(C)(C)CN2c1ncnc(Cl)n1. The van der Waals surface area contributed by atoms with Gasteiger partial charge in [0.15, 0.2) is 0 Å². The lowest BCUT2D eigenvalue weighted by atomic mass is 9.91. The second-order valence-electron chi connectivity index (χ2n) is 5.34. The first-order chi connectivity index (χ1) is 8.97. The van der Waals surface area contributed by atoms with E-state index in [1.54, 1.807) is 0 Å². The Labute approximate surface area is 116 Å². The highest BCUT2D eigenvalue weighted by atomic mass is 35.5. The molecule has 98 valence electrons. The Balaban J connectivity index is 2.13. The molecule has 2 aromatic rings. The Bertz CT molecular complexity index is 641. The summed E-state index contributed by atoms with van der Waals surface area (Å²) in [5.41, 5.74) is 3.09. The molecule has 0 unspecified atom stereocenters. The van der Waals surface area contributed by atoms with Crippen LogP contribution >= 0.6 is 11.6 Å².